The molecule has 38 heavy (non-hydrogen) atoms. The molecule has 0 spiro atoms. The summed E-state index contributed by atoms with van der Waals surface area (Å²) in [6.07, 6.45) is -3.70. The highest BCUT2D eigenvalue weighted by Crippen LogP contribution is 2.39. The molecule has 1 heterocycles. The standard InChI is InChI=1S/C22H19F6N3O6S/c1-20(2,3)36-19(32)31-11-13-10-15(12-4-6-14(7-5-12)35-21(23,24)25)16-17(30-9-8-29-16)18(13)37-38(33,34)22(26,27)28/h4-10H,11H2,1-3H3,(H,31,32). The summed E-state index contributed by atoms with van der Waals surface area (Å²) in [5.74, 6) is -1.40. The maximum Gasteiger partial charge on any atom is 0.573 e. The van der Waals surface area contributed by atoms with Gasteiger partial charge in [-0.1, -0.05) is 12.1 Å². The molecule has 0 aliphatic carbocycles. The van der Waals surface area contributed by atoms with Crippen LogP contribution in [0.3, 0.4) is 0 Å². The minimum absolute atomic E-state index is 0.129. The van der Waals surface area contributed by atoms with Gasteiger partial charge in [0.05, 0.1) is 0 Å². The first-order valence-electron chi connectivity index (χ1n) is 10.5. The molecule has 0 aliphatic heterocycles. The van der Waals surface area contributed by atoms with Crippen molar-refractivity contribution in [1.82, 2.24) is 15.3 Å². The van der Waals surface area contributed by atoms with Crippen LogP contribution >= 0.6 is 0 Å². The summed E-state index contributed by atoms with van der Waals surface area (Å²) >= 11 is 0. The molecule has 3 rings (SSSR count). The van der Waals surface area contributed by atoms with Crippen LogP contribution in [0, 0.1) is 0 Å². The minimum atomic E-state index is -6.17. The Bertz CT molecular complexity index is 1440. The SMILES string of the molecule is CC(C)(C)OC(=O)NCc1cc(-c2ccc(OC(F)(F)F)cc2)c2nccnc2c1OS(=O)(=O)C(F)(F)F. The van der Waals surface area contributed by atoms with Gasteiger partial charge >= 0.3 is 28.1 Å². The molecule has 0 aliphatic rings. The van der Waals surface area contributed by atoms with Gasteiger partial charge in [-0.2, -0.15) is 21.6 Å². The summed E-state index contributed by atoms with van der Waals surface area (Å²) in [6, 6.07) is 5.56. The zero-order valence-electron chi connectivity index (χ0n) is 19.8. The molecular formula is C22H19F6N3O6S. The van der Waals surface area contributed by atoms with Gasteiger partial charge in [-0.3, -0.25) is 4.98 Å². The van der Waals surface area contributed by atoms with Crippen molar-refractivity contribution in [3.63, 3.8) is 0 Å². The van der Waals surface area contributed by atoms with Crippen LogP contribution in [0.5, 0.6) is 11.5 Å². The lowest BCUT2D eigenvalue weighted by atomic mass is 9.99. The van der Waals surface area contributed by atoms with E-state index in [1.165, 1.54) is 12.1 Å². The fraction of sp³-hybridized carbons (Fsp3) is 0.318. The predicted octanol–water partition coefficient (Wildman–Crippen LogP) is 5.45. The Hall–Kier alpha value is -3.82. The fourth-order valence-corrected chi connectivity index (χ4v) is 3.58. The van der Waals surface area contributed by atoms with Gasteiger partial charge in [0.1, 0.15) is 22.4 Å². The molecule has 1 aromatic heterocycles. The third-order valence-corrected chi connectivity index (χ3v) is 5.43. The number of nitrogens with one attached hydrogen (secondary N) is 1. The highest BCUT2D eigenvalue weighted by Gasteiger charge is 2.49. The van der Waals surface area contributed by atoms with Crippen LogP contribution in [0.1, 0.15) is 26.3 Å². The number of amides is 1. The lowest BCUT2D eigenvalue weighted by Crippen LogP contribution is -2.32. The number of carbonyl (C=O) groups excluding carboxylic acids is 1. The number of benzene rings is 2. The van der Waals surface area contributed by atoms with E-state index in [1.807, 2.05) is 0 Å². The average molecular weight is 567 g/mol. The Labute approximate surface area is 211 Å². The maximum atomic E-state index is 13.1. The van der Waals surface area contributed by atoms with Gasteiger partial charge in [0.2, 0.25) is 0 Å². The molecule has 1 N–H and O–H groups in total. The normalized spacial score (nSPS) is 12.8. The van der Waals surface area contributed by atoms with Gasteiger partial charge in [0.25, 0.3) is 0 Å². The molecule has 1 amide bonds. The van der Waals surface area contributed by atoms with Crippen LogP contribution in [0.15, 0.2) is 42.7 Å². The second kappa shape index (κ2) is 10.2. The molecule has 0 saturated carbocycles. The number of alkyl halides is 6. The van der Waals surface area contributed by atoms with Crippen LogP contribution in [-0.4, -0.2) is 42.0 Å². The van der Waals surface area contributed by atoms with Crippen molar-refractivity contribution in [2.75, 3.05) is 0 Å². The van der Waals surface area contributed by atoms with Crippen LogP contribution in [0.4, 0.5) is 31.1 Å². The van der Waals surface area contributed by atoms with Crippen LogP contribution in [-0.2, 0) is 21.4 Å². The molecule has 16 heteroatoms. The van der Waals surface area contributed by atoms with Crippen molar-refractivity contribution in [2.45, 2.75) is 44.8 Å². The molecular weight excluding hydrogens is 548 g/mol. The fourth-order valence-electron chi connectivity index (χ4n) is 3.08. The van der Waals surface area contributed by atoms with Gasteiger partial charge in [-0.25, -0.2) is 9.78 Å². The van der Waals surface area contributed by atoms with E-state index in [-0.39, 0.29) is 22.2 Å². The predicted molar refractivity (Wildman–Crippen MR) is 120 cm³/mol. The molecule has 0 radical (unpaired) electrons. The van der Waals surface area contributed by atoms with E-state index in [2.05, 4.69) is 24.2 Å². The van der Waals surface area contributed by atoms with Crippen molar-refractivity contribution < 1.29 is 53.2 Å². The number of fused-ring (bicyclic) bond motifs is 1. The largest absolute Gasteiger partial charge is 0.573 e. The van der Waals surface area contributed by atoms with Crippen molar-refractivity contribution in [3.05, 3.63) is 48.3 Å². The van der Waals surface area contributed by atoms with Crippen molar-refractivity contribution in [2.24, 2.45) is 0 Å². The number of halogens is 6. The number of alkyl carbamates (subject to hydrolysis) is 1. The summed E-state index contributed by atoms with van der Waals surface area (Å²) in [4.78, 5) is 20.1. The Morgan fingerprint density at radius 1 is 0.947 bits per heavy atom. The first-order chi connectivity index (χ1) is 17.4. The molecule has 0 bridgehead atoms. The molecule has 0 atom stereocenters. The van der Waals surface area contributed by atoms with Crippen LogP contribution in [0.25, 0.3) is 22.2 Å². The smallest absolute Gasteiger partial charge is 0.444 e. The summed E-state index contributed by atoms with van der Waals surface area (Å²) in [7, 11) is -6.17. The quantitative estimate of drug-likeness (QED) is 0.238. The number of carbonyl (C=O) groups is 1. The van der Waals surface area contributed by atoms with Crippen molar-refractivity contribution >= 4 is 27.2 Å². The van der Waals surface area contributed by atoms with E-state index >= 15 is 0 Å². The van der Waals surface area contributed by atoms with Gasteiger partial charge in [0.15, 0.2) is 5.75 Å². The Morgan fingerprint density at radius 3 is 2.05 bits per heavy atom. The van der Waals surface area contributed by atoms with Crippen LogP contribution < -0.4 is 14.2 Å². The van der Waals surface area contributed by atoms with E-state index < -0.39 is 57.2 Å². The molecule has 0 unspecified atom stereocenters. The van der Waals surface area contributed by atoms with Gasteiger partial charge in [-0.15, -0.1) is 13.2 Å². The highest BCUT2D eigenvalue weighted by atomic mass is 32.2. The number of rotatable bonds is 6. The van der Waals surface area contributed by atoms with Gasteiger partial charge in [-0.05, 0) is 44.5 Å². The highest BCUT2D eigenvalue weighted by molar-refractivity contribution is 7.88. The second-order valence-electron chi connectivity index (χ2n) is 8.58. The maximum absolute atomic E-state index is 13.1. The van der Waals surface area contributed by atoms with Crippen molar-refractivity contribution in [1.29, 1.82) is 0 Å². The summed E-state index contributed by atoms with van der Waals surface area (Å²) in [6.45, 7) is 4.11. The van der Waals surface area contributed by atoms with Crippen molar-refractivity contribution in [3.8, 4) is 22.6 Å². The number of nitrogens with zero attached hydrogens (tertiary/aromatic N) is 2. The molecule has 9 nitrogen and oxygen atoms in total. The number of aromatic nitrogens is 2. The Balaban J connectivity index is 2.16. The number of ether oxygens (including phenoxy) is 2. The van der Waals surface area contributed by atoms with E-state index in [0.29, 0.717) is 0 Å². The monoisotopic (exact) mass is 567 g/mol. The average Bonchev–Trinajstić information content (AvgIpc) is 2.76. The molecule has 0 fully saturated rings. The lowest BCUT2D eigenvalue weighted by Gasteiger charge is -2.21. The topological polar surface area (TPSA) is 117 Å². The third kappa shape index (κ3) is 7.14. The second-order valence-corrected chi connectivity index (χ2v) is 10.1. The van der Waals surface area contributed by atoms with E-state index in [4.69, 9.17) is 4.74 Å². The summed E-state index contributed by atoms with van der Waals surface area (Å²) < 4.78 is 114. The minimum Gasteiger partial charge on any atom is -0.444 e. The molecule has 0 saturated heterocycles. The number of hydrogen-bond donors (Lipinski definition) is 1. The first-order valence-corrected chi connectivity index (χ1v) is 11.9. The molecule has 3 aromatic rings. The summed E-state index contributed by atoms with van der Waals surface area (Å²) in [5, 5.41) is 2.29. The molecule has 2 aromatic carbocycles. The van der Waals surface area contributed by atoms with Gasteiger partial charge in [0, 0.05) is 30.1 Å². The van der Waals surface area contributed by atoms with E-state index in [1.54, 1.807) is 20.8 Å². The lowest BCUT2D eigenvalue weighted by molar-refractivity contribution is -0.274. The zero-order chi connectivity index (χ0) is 28.5. The molecule has 206 valence electrons. The third-order valence-electron chi connectivity index (χ3n) is 4.48. The number of hydrogen-bond acceptors (Lipinski definition) is 8. The van der Waals surface area contributed by atoms with E-state index in [0.717, 1.165) is 30.6 Å². The Morgan fingerprint density at radius 2 is 1.53 bits per heavy atom. The van der Waals surface area contributed by atoms with E-state index in [9.17, 15) is 39.6 Å². The van der Waals surface area contributed by atoms with Gasteiger partial charge < -0.3 is 19.0 Å². The Kier molecular flexibility index (Phi) is 7.68. The first kappa shape index (κ1) is 28.7. The zero-order valence-corrected chi connectivity index (χ0v) is 20.6. The van der Waals surface area contributed by atoms with Crippen LogP contribution in [0.2, 0.25) is 0 Å². The summed E-state index contributed by atoms with van der Waals surface area (Å²) in [5.41, 5.74) is -7.20.